The fourth-order valence-corrected chi connectivity index (χ4v) is 1.49. The lowest BCUT2D eigenvalue weighted by atomic mass is 10.2. The standard InChI is InChI=1S/C12H15N3O3/c1-7(13)12(16)14-8-3-4-10-9(5-8)15-11(18-10)6-17-2/h3-5,7H,6,13H2,1-2H3,(H,14,16)/t7-/m0/s1. The molecule has 6 nitrogen and oxygen atoms in total. The number of amides is 1. The average molecular weight is 249 g/mol. The predicted molar refractivity (Wildman–Crippen MR) is 67.0 cm³/mol. The minimum Gasteiger partial charge on any atom is -0.438 e. The first-order valence-electron chi connectivity index (χ1n) is 5.55. The Hall–Kier alpha value is -1.92. The van der Waals surface area contributed by atoms with Crippen molar-refractivity contribution < 1.29 is 13.9 Å². The van der Waals surface area contributed by atoms with E-state index in [1.54, 1.807) is 32.2 Å². The van der Waals surface area contributed by atoms with Gasteiger partial charge in [-0.05, 0) is 25.1 Å². The van der Waals surface area contributed by atoms with E-state index in [1.807, 2.05) is 0 Å². The number of hydrogen-bond donors (Lipinski definition) is 2. The van der Waals surface area contributed by atoms with Crippen LogP contribution in [0, 0.1) is 0 Å². The molecule has 96 valence electrons. The van der Waals surface area contributed by atoms with Crippen molar-refractivity contribution in [2.24, 2.45) is 5.73 Å². The van der Waals surface area contributed by atoms with E-state index in [1.165, 1.54) is 0 Å². The van der Waals surface area contributed by atoms with E-state index in [4.69, 9.17) is 14.9 Å². The van der Waals surface area contributed by atoms with Crippen molar-refractivity contribution in [1.82, 2.24) is 4.98 Å². The van der Waals surface area contributed by atoms with E-state index in [2.05, 4.69) is 10.3 Å². The molecule has 3 N–H and O–H groups in total. The summed E-state index contributed by atoms with van der Waals surface area (Å²) in [5, 5.41) is 2.70. The number of nitrogens with one attached hydrogen (secondary N) is 1. The normalized spacial score (nSPS) is 12.6. The van der Waals surface area contributed by atoms with Crippen LogP contribution in [0.1, 0.15) is 12.8 Å². The summed E-state index contributed by atoms with van der Waals surface area (Å²) in [7, 11) is 1.57. The summed E-state index contributed by atoms with van der Waals surface area (Å²) in [4.78, 5) is 15.7. The lowest BCUT2D eigenvalue weighted by Gasteiger charge is -2.06. The summed E-state index contributed by atoms with van der Waals surface area (Å²) in [5.74, 6) is 0.262. The van der Waals surface area contributed by atoms with E-state index in [0.717, 1.165) is 0 Å². The maximum atomic E-state index is 11.5. The third kappa shape index (κ3) is 2.66. The number of oxazole rings is 1. The molecule has 0 aliphatic heterocycles. The fraction of sp³-hybridized carbons (Fsp3) is 0.333. The molecule has 18 heavy (non-hydrogen) atoms. The second-order valence-electron chi connectivity index (χ2n) is 4.00. The van der Waals surface area contributed by atoms with Gasteiger partial charge >= 0.3 is 0 Å². The molecule has 1 aromatic carbocycles. The molecule has 6 heteroatoms. The molecule has 0 saturated carbocycles. The Balaban J connectivity index is 2.24. The minimum absolute atomic E-state index is 0.241. The Morgan fingerprint density at radius 2 is 2.39 bits per heavy atom. The summed E-state index contributed by atoms with van der Waals surface area (Å²) >= 11 is 0. The molecule has 0 aliphatic rings. The van der Waals surface area contributed by atoms with Crippen LogP contribution in [-0.4, -0.2) is 24.0 Å². The molecule has 0 bridgehead atoms. The Morgan fingerprint density at radius 3 is 3.06 bits per heavy atom. The van der Waals surface area contributed by atoms with Gasteiger partial charge in [-0.25, -0.2) is 4.98 Å². The van der Waals surface area contributed by atoms with Crippen molar-refractivity contribution in [2.45, 2.75) is 19.6 Å². The summed E-state index contributed by atoms with van der Waals surface area (Å²) in [6.07, 6.45) is 0. The zero-order valence-electron chi connectivity index (χ0n) is 10.3. The van der Waals surface area contributed by atoms with Crippen molar-refractivity contribution in [3.63, 3.8) is 0 Å². The number of fused-ring (bicyclic) bond motifs is 1. The van der Waals surface area contributed by atoms with Crippen molar-refractivity contribution in [3.05, 3.63) is 24.1 Å². The number of benzene rings is 1. The highest BCUT2D eigenvalue weighted by Crippen LogP contribution is 2.20. The highest BCUT2D eigenvalue weighted by atomic mass is 16.5. The monoisotopic (exact) mass is 249 g/mol. The second-order valence-corrected chi connectivity index (χ2v) is 4.00. The molecule has 0 radical (unpaired) electrons. The lowest BCUT2D eigenvalue weighted by molar-refractivity contribution is -0.117. The third-order valence-corrected chi connectivity index (χ3v) is 2.38. The molecular formula is C12H15N3O3. The smallest absolute Gasteiger partial charge is 0.240 e. The molecular weight excluding hydrogens is 234 g/mol. The molecule has 1 atom stereocenters. The molecule has 1 heterocycles. The number of anilines is 1. The zero-order valence-corrected chi connectivity index (χ0v) is 10.3. The first-order chi connectivity index (χ1) is 8.60. The van der Waals surface area contributed by atoms with Gasteiger partial charge in [-0.15, -0.1) is 0 Å². The summed E-state index contributed by atoms with van der Waals surface area (Å²) in [6, 6.07) is 4.67. The van der Waals surface area contributed by atoms with Gasteiger partial charge in [0.05, 0.1) is 6.04 Å². The minimum atomic E-state index is -0.554. The van der Waals surface area contributed by atoms with Crippen molar-refractivity contribution in [3.8, 4) is 0 Å². The first-order valence-corrected chi connectivity index (χ1v) is 5.55. The van der Waals surface area contributed by atoms with Crippen LogP contribution in [0.3, 0.4) is 0 Å². The number of ether oxygens (including phenoxy) is 1. The van der Waals surface area contributed by atoms with Gasteiger partial charge in [0.15, 0.2) is 5.58 Å². The largest absolute Gasteiger partial charge is 0.438 e. The molecule has 0 saturated heterocycles. The molecule has 1 aromatic heterocycles. The lowest BCUT2D eigenvalue weighted by Crippen LogP contribution is -2.32. The highest BCUT2D eigenvalue weighted by Gasteiger charge is 2.10. The molecule has 0 fully saturated rings. The van der Waals surface area contributed by atoms with Crippen LogP contribution in [-0.2, 0) is 16.1 Å². The van der Waals surface area contributed by atoms with Crippen LogP contribution in [0.5, 0.6) is 0 Å². The summed E-state index contributed by atoms with van der Waals surface area (Å²) in [5.41, 5.74) is 7.44. The summed E-state index contributed by atoms with van der Waals surface area (Å²) in [6.45, 7) is 1.94. The maximum Gasteiger partial charge on any atom is 0.240 e. The number of methoxy groups -OCH3 is 1. The first kappa shape index (κ1) is 12.5. The average Bonchev–Trinajstić information content (AvgIpc) is 2.71. The van der Waals surface area contributed by atoms with Crippen molar-refractivity contribution in [2.75, 3.05) is 12.4 Å². The van der Waals surface area contributed by atoms with Crippen LogP contribution in [0.2, 0.25) is 0 Å². The number of nitrogens with zero attached hydrogens (tertiary/aromatic N) is 1. The van der Waals surface area contributed by atoms with Gasteiger partial charge in [-0.3, -0.25) is 4.79 Å². The molecule has 1 amide bonds. The van der Waals surface area contributed by atoms with Crippen LogP contribution in [0.25, 0.3) is 11.1 Å². The fourth-order valence-electron chi connectivity index (χ4n) is 1.49. The van der Waals surface area contributed by atoms with Gasteiger partial charge in [-0.1, -0.05) is 0 Å². The van der Waals surface area contributed by atoms with Gasteiger partial charge in [-0.2, -0.15) is 0 Å². The Morgan fingerprint density at radius 1 is 1.61 bits per heavy atom. The van der Waals surface area contributed by atoms with Crippen LogP contribution in [0.4, 0.5) is 5.69 Å². The number of carbonyl (C=O) groups excluding carboxylic acids is 1. The SMILES string of the molecule is COCc1nc2cc(NC(=O)[C@H](C)N)ccc2o1. The van der Waals surface area contributed by atoms with E-state index in [9.17, 15) is 4.79 Å². The molecule has 2 aromatic rings. The molecule has 0 aliphatic carbocycles. The predicted octanol–water partition coefficient (Wildman–Crippen LogP) is 1.26. The second kappa shape index (κ2) is 5.16. The molecule has 2 rings (SSSR count). The summed E-state index contributed by atoms with van der Waals surface area (Å²) < 4.78 is 10.4. The third-order valence-electron chi connectivity index (χ3n) is 2.38. The van der Waals surface area contributed by atoms with Gasteiger partial charge in [0, 0.05) is 12.8 Å². The van der Waals surface area contributed by atoms with Gasteiger partial charge in [0.2, 0.25) is 11.8 Å². The molecule has 0 unspecified atom stereocenters. The van der Waals surface area contributed by atoms with Gasteiger partial charge < -0.3 is 20.2 Å². The Labute approximate surface area is 104 Å². The van der Waals surface area contributed by atoms with Crippen LogP contribution < -0.4 is 11.1 Å². The van der Waals surface area contributed by atoms with Crippen LogP contribution >= 0.6 is 0 Å². The number of rotatable bonds is 4. The number of aromatic nitrogens is 1. The van der Waals surface area contributed by atoms with Crippen LogP contribution in [0.15, 0.2) is 22.6 Å². The highest BCUT2D eigenvalue weighted by molar-refractivity contribution is 5.95. The quantitative estimate of drug-likeness (QED) is 0.851. The van der Waals surface area contributed by atoms with Crippen molar-refractivity contribution >= 4 is 22.7 Å². The Bertz CT molecular complexity index is 563. The van der Waals surface area contributed by atoms with Crippen molar-refractivity contribution in [1.29, 1.82) is 0 Å². The van der Waals surface area contributed by atoms with E-state index < -0.39 is 6.04 Å². The maximum absolute atomic E-state index is 11.5. The van der Waals surface area contributed by atoms with Gasteiger partial charge in [0.1, 0.15) is 12.1 Å². The number of carbonyl (C=O) groups is 1. The molecule has 0 spiro atoms. The number of hydrogen-bond acceptors (Lipinski definition) is 5. The number of nitrogens with two attached hydrogens (primary N) is 1. The van der Waals surface area contributed by atoms with Gasteiger partial charge in [0.25, 0.3) is 0 Å². The Kier molecular flexibility index (Phi) is 3.59. The van der Waals surface area contributed by atoms with E-state index >= 15 is 0 Å². The van der Waals surface area contributed by atoms with E-state index in [0.29, 0.717) is 29.3 Å². The van der Waals surface area contributed by atoms with E-state index in [-0.39, 0.29) is 5.91 Å². The zero-order chi connectivity index (χ0) is 13.1. The topological polar surface area (TPSA) is 90.4 Å².